The Morgan fingerprint density at radius 2 is 1.91 bits per heavy atom. The van der Waals surface area contributed by atoms with E-state index in [0.29, 0.717) is 12.6 Å². The van der Waals surface area contributed by atoms with Crippen LogP contribution in [0.5, 0.6) is 5.75 Å². The van der Waals surface area contributed by atoms with Gasteiger partial charge in [-0.15, -0.1) is 0 Å². The van der Waals surface area contributed by atoms with Crippen LogP contribution in [0.1, 0.15) is 46.1 Å². The number of carbonyl (C=O) groups is 1. The SMILES string of the molecule is CCOc1ccccc1CNC1CC(NC(=O)OC(C)(C)C)C1. The second kappa shape index (κ2) is 7.68. The van der Waals surface area contributed by atoms with Gasteiger partial charge in [0.05, 0.1) is 6.61 Å². The molecule has 0 unspecified atom stereocenters. The smallest absolute Gasteiger partial charge is 0.407 e. The van der Waals surface area contributed by atoms with E-state index in [1.165, 1.54) is 0 Å². The molecule has 23 heavy (non-hydrogen) atoms. The number of amides is 1. The molecule has 0 radical (unpaired) electrons. The molecule has 0 heterocycles. The minimum atomic E-state index is -0.450. The highest BCUT2D eigenvalue weighted by atomic mass is 16.6. The minimum Gasteiger partial charge on any atom is -0.494 e. The van der Waals surface area contributed by atoms with Crippen molar-refractivity contribution in [1.82, 2.24) is 10.6 Å². The van der Waals surface area contributed by atoms with Crippen molar-refractivity contribution in [1.29, 1.82) is 0 Å². The number of hydrogen-bond donors (Lipinski definition) is 2. The maximum absolute atomic E-state index is 11.7. The molecule has 5 heteroatoms. The molecular formula is C18H28N2O3. The first-order valence-electron chi connectivity index (χ1n) is 8.31. The van der Waals surface area contributed by atoms with E-state index in [-0.39, 0.29) is 12.1 Å². The van der Waals surface area contributed by atoms with Gasteiger partial charge in [-0.2, -0.15) is 0 Å². The third kappa shape index (κ3) is 5.75. The predicted molar refractivity (Wildman–Crippen MR) is 90.6 cm³/mol. The number of rotatable bonds is 6. The highest BCUT2D eigenvalue weighted by Crippen LogP contribution is 2.23. The zero-order chi connectivity index (χ0) is 16.9. The van der Waals surface area contributed by atoms with Crippen LogP contribution in [-0.2, 0) is 11.3 Å². The zero-order valence-corrected chi connectivity index (χ0v) is 14.5. The van der Waals surface area contributed by atoms with Gasteiger partial charge >= 0.3 is 6.09 Å². The second-order valence-corrected chi connectivity index (χ2v) is 6.93. The molecule has 1 aromatic carbocycles. The molecule has 128 valence electrons. The van der Waals surface area contributed by atoms with Gasteiger partial charge in [0.15, 0.2) is 0 Å². The van der Waals surface area contributed by atoms with E-state index >= 15 is 0 Å². The summed E-state index contributed by atoms with van der Waals surface area (Å²) in [4.78, 5) is 11.7. The van der Waals surface area contributed by atoms with E-state index in [2.05, 4.69) is 16.7 Å². The van der Waals surface area contributed by atoms with Crippen molar-refractivity contribution in [2.75, 3.05) is 6.61 Å². The third-order valence-electron chi connectivity index (χ3n) is 3.71. The third-order valence-corrected chi connectivity index (χ3v) is 3.71. The summed E-state index contributed by atoms with van der Waals surface area (Å²) in [5.74, 6) is 0.935. The van der Waals surface area contributed by atoms with Crippen LogP contribution >= 0.6 is 0 Å². The van der Waals surface area contributed by atoms with Crippen molar-refractivity contribution >= 4 is 6.09 Å². The number of nitrogens with one attached hydrogen (secondary N) is 2. The molecule has 0 aromatic heterocycles. The highest BCUT2D eigenvalue weighted by Gasteiger charge is 2.31. The van der Waals surface area contributed by atoms with Crippen molar-refractivity contribution in [3.8, 4) is 5.75 Å². The van der Waals surface area contributed by atoms with E-state index in [0.717, 1.165) is 30.7 Å². The molecule has 2 N–H and O–H groups in total. The summed E-state index contributed by atoms with van der Waals surface area (Å²) in [5.41, 5.74) is 0.715. The minimum absolute atomic E-state index is 0.199. The fraction of sp³-hybridized carbons (Fsp3) is 0.611. The van der Waals surface area contributed by atoms with Gasteiger partial charge in [-0.3, -0.25) is 0 Å². The molecule has 5 nitrogen and oxygen atoms in total. The first kappa shape index (κ1) is 17.6. The highest BCUT2D eigenvalue weighted by molar-refractivity contribution is 5.68. The quantitative estimate of drug-likeness (QED) is 0.845. The Labute approximate surface area is 138 Å². The van der Waals surface area contributed by atoms with Crippen molar-refractivity contribution in [3.63, 3.8) is 0 Å². The molecule has 1 amide bonds. The Kier molecular flexibility index (Phi) is 5.88. The number of benzene rings is 1. The Morgan fingerprint density at radius 1 is 1.22 bits per heavy atom. The van der Waals surface area contributed by atoms with Gasteiger partial charge in [0.25, 0.3) is 0 Å². The van der Waals surface area contributed by atoms with Crippen LogP contribution in [0.15, 0.2) is 24.3 Å². The summed E-state index contributed by atoms with van der Waals surface area (Å²) >= 11 is 0. The number of carbonyl (C=O) groups excluding carboxylic acids is 1. The molecule has 1 aliphatic carbocycles. The van der Waals surface area contributed by atoms with Crippen LogP contribution < -0.4 is 15.4 Å². The Bertz CT molecular complexity index is 519. The van der Waals surface area contributed by atoms with Crippen LogP contribution in [0.4, 0.5) is 4.79 Å². The van der Waals surface area contributed by atoms with Crippen LogP contribution in [0.25, 0.3) is 0 Å². The number of para-hydroxylation sites is 1. The van der Waals surface area contributed by atoms with Gasteiger partial charge in [-0.1, -0.05) is 18.2 Å². The molecule has 1 aromatic rings. The monoisotopic (exact) mass is 320 g/mol. The first-order chi connectivity index (χ1) is 10.9. The Balaban J connectivity index is 1.70. The van der Waals surface area contributed by atoms with Crippen molar-refractivity contribution in [2.24, 2.45) is 0 Å². The fourth-order valence-electron chi connectivity index (χ4n) is 2.58. The standard InChI is InChI=1S/C18H28N2O3/c1-5-22-16-9-7-6-8-13(16)12-19-14-10-15(11-14)20-17(21)23-18(2,3)4/h6-9,14-15,19H,5,10-12H2,1-4H3,(H,20,21). The lowest BCUT2D eigenvalue weighted by Crippen LogP contribution is -2.52. The summed E-state index contributed by atoms with van der Waals surface area (Å²) in [5, 5.41) is 6.42. The largest absolute Gasteiger partial charge is 0.494 e. The van der Waals surface area contributed by atoms with E-state index in [1.807, 2.05) is 45.9 Å². The van der Waals surface area contributed by atoms with Gasteiger partial charge in [0.2, 0.25) is 0 Å². The molecule has 0 saturated heterocycles. The van der Waals surface area contributed by atoms with E-state index < -0.39 is 5.60 Å². The molecule has 0 atom stereocenters. The maximum atomic E-state index is 11.7. The van der Waals surface area contributed by atoms with Crippen LogP contribution in [-0.4, -0.2) is 30.4 Å². The molecule has 1 saturated carbocycles. The number of ether oxygens (including phenoxy) is 2. The molecule has 1 fully saturated rings. The molecule has 0 spiro atoms. The molecular weight excluding hydrogens is 292 g/mol. The maximum Gasteiger partial charge on any atom is 0.407 e. The Morgan fingerprint density at radius 3 is 2.57 bits per heavy atom. The number of hydrogen-bond acceptors (Lipinski definition) is 4. The van der Waals surface area contributed by atoms with Crippen molar-refractivity contribution in [2.45, 2.75) is 64.8 Å². The summed E-state index contributed by atoms with van der Waals surface area (Å²) in [6.45, 7) is 9.04. The van der Waals surface area contributed by atoms with E-state index in [9.17, 15) is 4.79 Å². The summed E-state index contributed by atoms with van der Waals surface area (Å²) in [6.07, 6.45) is 1.52. The molecule has 1 aliphatic rings. The normalized spacial score (nSPS) is 20.5. The predicted octanol–water partition coefficient (Wildman–Crippen LogP) is 3.23. The Hall–Kier alpha value is -1.75. The molecule has 2 rings (SSSR count). The van der Waals surface area contributed by atoms with Crippen molar-refractivity contribution < 1.29 is 14.3 Å². The lowest BCUT2D eigenvalue weighted by molar-refractivity contribution is 0.0465. The lowest BCUT2D eigenvalue weighted by Gasteiger charge is -2.36. The lowest BCUT2D eigenvalue weighted by atomic mass is 9.86. The van der Waals surface area contributed by atoms with Gasteiger partial charge in [0, 0.05) is 24.2 Å². The second-order valence-electron chi connectivity index (χ2n) is 6.93. The van der Waals surface area contributed by atoms with Crippen molar-refractivity contribution in [3.05, 3.63) is 29.8 Å². The van der Waals surface area contributed by atoms with Gasteiger partial charge in [0.1, 0.15) is 11.4 Å². The average molecular weight is 320 g/mol. The van der Waals surface area contributed by atoms with Crippen LogP contribution in [0, 0.1) is 0 Å². The average Bonchev–Trinajstić information content (AvgIpc) is 2.41. The zero-order valence-electron chi connectivity index (χ0n) is 14.5. The van der Waals surface area contributed by atoms with E-state index in [1.54, 1.807) is 0 Å². The van der Waals surface area contributed by atoms with Crippen LogP contribution in [0.3, 0.4) is 0 Å². The summed E-state index contributed by atoms with van der Waals surface area (Å²) < 4.78 is 10.9. The van der Waals surface area contributed by atoms with Gasteiger partial charge in [-0.05, 0) is 46.6 Å². The summed E-state index contributed by atoms with van der Waals surface area (Å²) in [7, 11) is 0. The molecule has 0 aliphatic heterocycles. The molecule has 0 bridgehead atoms. The topological polar surface area (TPSA) is 59.6 Å². The van der Waals surface area contributed by atoms with Crippen LogP contribution in [0.2, 0.25) is 0 Å². The fourth-order valence-corrected chi connectivity index (χ4v) is 2.58. The summed E-state index contributed by atoms with van der Waals surface area (Å²) in [6, 6.07) is 8.70. The number of alkyl carbamates (subject to hydrolysis) is 1. The first-order valence-corrected chi connectivity index (χ1v) is 8.31. The van der Waals surface area contributed by atoms with Gasteiger partial charge < -0.3 is 20.1 Å². The van der Waals surface area contributed by atoms with E-state index in [4.69, 9.17) is 9.47 Å². The van der Waals surface area contributed by atoms with Gasteiger partial charge in [-0.25, -0.2) is 4.79 Å².